The molecule has 2 unspecified atom stereocenters. The van der Waals surface area contributed by atoms with E-state index in [4.69, 9.17) is 9.47 Å². The molecule has 0 spiro atoms. The van der Waals surface area contributed by atoms with Gasteiger partial charge in [0.15, 0.2) is 0 Å². The summed E-state index contributed by atoms with van der Waals surface area (Å²) in [5, 5.41) is 5.99. The normalized spacial score (nSPS) is 21.7. The van der Waals surface area contributed by atoms with Crippen LogP contribution in [0.1, 0.15) is 5.56 Å². The number of nitrogens with one attached hydrogen (secondary N) is 2. The van der Waals surface area contributed by atoms with E-state index in [9.17, 15) is 4.79 Å². The number of likely N-dealkylation sites (N-methyl/N-ethyl adjacent to an activating group) is 1. The van der Waals surface area contributed by atoms with Crippen LogP contribution in [0.25, 0.3) is 0 Å². The Kier molecular flexibility index (Phi) is 5.38. The fourth-order valence-electron chi connectivity index (χ4n) is 2.28. The van der Waals surface area contributed by atoms with Gasteiger partial charge in [0, 0.05) is 6.04 Å². The number of amides is 1. The highest BCUT2D eigenvalue weighted by atomic mass is 16.5. The molecule has 5 heteroatoms. The average Bonchev–Trinajstić information content (AvgIpc) is 2.92. The Bertz CT molecular complexity index is 450. The molecular formula is C15H22N2O3. The Morgan fingerprint density at radius 2 is 2.30 bits per heavy atom. The average molecular weight is 278 g/mol. The molecule has 2 atom stereocenters. The monoisotopic (exact) mass is 278 g/mol. The predicted octanol–water partition coefficient (Wildman–Crippen LogP) is 0.724. The molecule has 1 aromatic carbocycles. The molecule has 0 bridgehead atoms. The molecule has 20 heavy (non-hydrogen) atoms. The zero-order chi connectivity index (χ0) is 14.4. The number of benzene rings is 1. The molecule has 0 saturated carbocycles. The number of rotatable bonds is 6. The fourth-order valence-corrected chi connectivity index (χ4v) is 2.28. The van der Waals surface area contributed by atoms with E-state index in [0.717, 1.165) is 11.3 Å². The van der Waals surface area contributed by atoms with Gasteiger partial charge in [0.2, 0.25) is 5.91 Å². The van der Waals surface area contributed by atoms with Crippen molar-refractivity contribution in [3.8, 4) is 5.75 Å². The summed E-state index contributed by atoms with van der Waals surface area (Å²) in [5.74, 6) is 0.741. The van der Waals surface area contributed by atoms with Gasteiger partial charge in [-0.05, 0) is 31.7 Å². The lowest BCUT2D eigenvalue weighted by Crippen LogP contribution is -2.43. The molecule has 5 nitrogen and oxygen atoms in total. The van der Waals surface area contributed by atoms with Gasteiger partial charge >= 0.3 is 0 Å². The SMILES string of the molecule is CNC1COCC1C(=O)NCCOc1cccc(C)c1. The Labute approximate surface area is 119 Å². The van der Waals surface area contributed by atoms with E-state index >= 15 is 0 Å². The first kappa shape index (κ1) is 14.8. The van der Waals surface area contributed by atoms with Gasteiger partial charge in [-0.1, -0.05) is 12.1 Å². The summed E-state index contributed by atoms with van der Waals surface area (Å²) in [6.07, 6.45) is 0. The Hall–Kier alpha value is -1.59. The lowest BCUT2D eigenvalue weighted by atomic mass is 10.0. The molecule has 2 rings (SSSR count). The molecule has 0 aliphatic carbocycles. The highest BCUT2D eigenvalue weighted by Crippen LogP contribution is 2.14. The van der Waals surface area contributed by atoms with Crippen LogP contribution >= 0.6 is 0 Å². The number of hydrogen-bond acceptors (Lipinski definition) is 4. The molecule has 1 aromatic rings. The van der Waals surface area contributed by atoms with Crippen LogP contribution in [-0.4, -0.2) is 45.4 Å². The fraction of sp³-hybridized carbons (Fsp3) is 0.533. The van der Waals surface area contributed by atoms with Gasteiger partial charge in [-0.15, -0.1) is 0 Å². The first-order valence-corrected chi connectivity index (χ1v) is 6.93. The molecule has 1 aliphatic rings. The van der Waals surface area contributed by atoms with E-state index in [0.29, 0.717) is 26.4 Å². The number of ether oxygens (including phenoxy) is 2. The van der Waals surface area contributed by atoms with Crippen LogP contribution in [0.3, 0.4) is 0 Å². The van der Waals surface area contributed by atoms with Crippen LogP contribution in [0.4, 0.5) is 0 Å². The van der Waals surface area contributed by atoms with Crippen molar-refractivity contribution in [3.63, 3.8) is 0 Å². The van der Waals surface area contributed by atoms with Crippen molar-refractivity contribution in [3.05, 3.63) is 29.8 Å². The molecule has 2 N–H and O–H groups in total. The van der Waals surface area contributed by atoms with Crippen molar-refractivity contribution in [2.75, 3.05) is 33.4 Å². The van der Waals surface area contributed by atoms with Crippen molar-refractivity contribution in [2.24, 2.45) is 5.92 Å². The summed E-state index contributed by atoms with van der Waals surface area (Å²) in [4.78, 5) is 12.0. The van der Waals surface area contributed by atoms with Crippen molar-refractivity contribution in [1.29, 1.82) is 0 Å². The minimum atomic E-state index is -0.112. The van der Waals surface area contributed by atoms with Crippen LogP contribution < -0.4 is 15.4 Å². The van der Waals surface area contributed by atoms with E-state index in [1.807, 2.05) is 38.2 Å². The minimum Gasteiger partial charge on any atom is -0.492 e. The Morgan fingerprint density at radius 3 is 3.05 bits per heavy atom. The third-order valence-electron chi connectivity index (χ3n) is 3.45. The number of aryl methyl sites for hydroxylation is 1. The van der Waals surface area contributed by atoms with Crippen molar-refractivity contribution < 1.29 is 14.3 Å². The van der Waals surface area contributed by atoms with E-state index in [2.05, 4.69) is 10.6 Å². The van der Waals surface area contributed by atoms with Gasteiger partial charge in [0.25, 0.3) is 0 Å². The van der Waals surface area contributed by atoms with Crippen LogP contribution in [0.15, 0.2) is 24.3 Å². The van der Waals surface area contributed by atoms with Crippen LogP contribution in [0, 0.1) is 12.8 Å². The maximum atomic E-state index is 12.0. The highest BCUT2D eigenvalue weighted by Gasteiger charge is 2.32. The molecule has 110 valence electrons. The van der Waals surface area contributed by atoms with Crippen molar-refractivity contribution in [1.82, 2.24) is 10.6 Å². The summed E-state index contributed by atoms with van der Waals surface area (Å²) in [6.45, 7) is 4.06. The molecule has 1 heterocycles. The maximum Gasteiger partial charge on any atom is 0.227 e. The largest absolute Gasteiger partial charge is 0.492 e. The summed E-state index contributed by atoms with van der Waals surface area (Å²) < 4.78 is 10.9. The summed E-state index contributed by atoms with van der Waals surface area (Å²) in [5.41, 5.74) is 1.16. The molecular weight excluding hydrogens is 256 g/mol. The number of hydrogen-bond donors (Lipinski definition) is 2. The zero-order valence-electron chi connectivity index (χ0n) is 12.0. The van der Waals surface area contributed by atoms with Crippen LogP contribution in [0.5, 0.6) is 5.75 Å². The van der Waals surface area contributed by atoms with Crippen molar-refractivity contribution >= 4 is 5.91 Å². The van der Waals surface area contributed by atoms with E-state index < -0.39 is 0 Å². The first-order valence-electron chi connectivity index (χ1n) is 6.93. The number of carbonyl (C=O) groups excluding carboxylic acids is 1. The van der Waals surface area contributed by atoms with Gasteiger partial charge in [-0.3, -0.25) is 4.79 Å². The molecule has 0 aromatic heterocycles. The lowest BCUT2D eigenvalue weighted by molar-refractivity contribution is -0.125. The number of carbonyl (C=O) groups is 1. The molecule has 1 fully saturated rings. The van der Waals surface area contributed by atoms with E-state index in [1.54, 1.807) is 0 Å². The summed E-state index contributed by atoms with van der Waals surface area (Å²) in [7, 11) is 1.85. The highest BCUT2D eigenvalue weighted by molar-refractivity contribution is 5.79. The third kappa shape index (κ3) is 3.95. The quantitative estimate of drug-likeness (QED) is 0.753. The van der Waals surface area contributed by atoms with Gasteiger partial charge in [-0.2, -0.15) is 0 Å². The van der Waals surface area contributed by atoms with Gasteiger partial charge < -0.3 is 20.1 Å². The second-order valence-electron chi connectivity index (χ2n) is 5.00. The third-order valence-corrected chi connectivity index (χ3v) is 3.45. The Balaban J connectivity index is 1.69. The topological polar surface area (TPSA) is 59.6 Å². The van der Waals surface area contributed by atoms with E-state index in [1.165, 1.54) is 0 Å². The van der Waals surface area contributed by atoms with Gasteiger partial charge in [0.05, 0.1) is 25.7 Å². The lowest BCUT2D eigenvalue weighted by Gasteiger charge is -2.16. The Morgan fingerprint density at radius 1 is 1.45 bits per heavy atom. The maximum absolute atomic E-state index is 12.0. The molecule has 1 amide bonds. The molecule has 1 saturated heterocycles. The standard InChI is InChI=1S/C15H22N2O3/c1-11-4-3-5-12(8-11)20-7-6-17-15(18)13-9-19-10-14(13)16-2/h3-5,8,13-14,16H,6-7,9-10H2,1-2H3,(H,17,18). The van der Waals surface area contributed by atoms with Crippen LogP contribution in [-0.2, 0) is 9.53 Å². The zero-order valence-corrected chi connectivity index (χ0v) is 12.0. The second-order valence-corrected chi connectivity index (χ2v) is 5.00. The smallest absolute Gasteiger partial charge is 0.227 e. The molecule has 0 radical (unpaired) electrons. The van der Waals surface area contributed by atoms with Gasteiger partial charge in [-0.25, -0.2) is 0 Å². The minimum absolute atomic E-state index is 0.0229. The summed E-state index contributed by atoms with van der Waals surface area (Å²) >= 11 is 0. The molecule has 1 aliphatic heterocycles. The van der Waals surface area contributed by atoms with Crippen LogP contribution in [0.2, 0.25) is 0 Å². The second kappa shape index (κ2) is 7.26. The van der Waals surface area contributed by atoms with Gasteiger partial charge in [0.1, 0.15) is 12.4 Å². The predicted molar refractivity (Wildman–Crippen MR) is 76.8 cm³/mol. The van der Waals surface area contributed by atoms with Crippen molar-refractivity contribution in [2.45, 2.75) is 13.0 Å². The first-order chi connectivity index (χ1) is 9.70. The van der Waals surface area contributed by atoms with E-state index in [-0.39, 0.29) is 17.9 Å². The summed E-state index contributed by atoms with van der Waals surface area (Å²) in [6, 6.07) is 7.97.